The highest BCUT2D eigenvalue weighted by molar-refractivity contribution is 7.14. The standard InChI is InChI=1S/C25H31N3O5S/c1-15-24(34-16(2)26-15)22(29)20-21(18-14-17(32-3)8-9-19(18)33-4)28(25(31)23(20)30)13-12-27-10-6-5-7-11-27/h8-9,14,21,30H,5-7,10-13H2,1-4H3. The Labute approximate surface area is 203 Å². The van der Waals surface area contributed by atoms with Gasteiger partial charge in [-0.05, 0) is 58.0 Å². The predicted octanol–water partition coefficient (Wildman–Crippen LogP) is 3.84. The molecule has 4 rings (SSSR count). The molecule has 0 spiro atoms. The van der Waals surface area contributed by atoms with E-state index in [1.165, 1.54) is 17.8 Å². The summed E-state index contributed by atoms with van der Waals surface area (Å²) in [5.74, 6) is -0.358. The number of thiazole rings is 1. The summed E-state index contributed by atoms with van der Waals surface area (Å²) in [7, 11) is 3.10. The molecule has 1 aromatic carbocycles. The summed E-state index contributed by atoms with van der Waals surface area (Å²) in [6.07, 6.45) is 3.49. The molecule has 1 atom stereocenters. The Balaban J connectivity index is 1.78. The van der Waals surface area contributed by atoms with Gasteiger partial charge in [-0.1, -0.05) is 6.42 Å². The first-order valence-corrected chi connectivity index (χ1v) is 12.3. The van der Waals surface area contributed by atoms with Crippen molar-refractivity contribution in [3.05, 3.63) is 50.7 Å². The number of benzene rings is 1. The van der Waals surface area contributed by atoms with Crippen molar-refractivity contribution >= 4 is 23.0 Å². The molecule has 1 unspecified atom stereocenters. The molecule has 1 amide bonds. The molecule has 1 N–H and O–H groups in total. The van der Waals surface area contributed by atoms with E-state index in [1.807, 2.05) is 6.92 Å². The lowest BCUT2D eigenvalue weighted by Crippen LogP contribution is -2.40. The molecule has 2 aliphatic rings. The van der Waals surface area contributed by atoms with Gasteiger partial charge in [-0.25, -0.2) is 4.98 Å². The lowest BCUT2D eigenvalue weighted by molar-refractivity contribution is -0.129. The lowest BCUT2D eigenvalue weighted by Gasteiger charge is -2.32. The van der Waals surface area contributed by atoms with Crippen molar-refractivity contribution in [1.29, 1.82) is 0 Å². The minimum absolute atomic E-state index is 0.0574. The molecule has 0 saturated carbocycles. The van der Waals surface area contributed by atoms with E-state index in [2.05, 4.69) is 9.88 Å². The number of likely N-dealkylation sites (tertiary alicyclic amines) is 1. The van der Waals surface area contributed by atoms with Crippen molar-refractivity contribution in [2.24, 2.45) is 0 Å². The van der Waals surface area contributed by atoms with Crippen LogP contribution in [-0.4, -0.2) is 72.0 Å². The number of nitrogens with zero attached hydrogens (tertiary/aromatic N) is 3. The van der Waals surface area contributed by atoms with Crippen LogP contribution in [0, 0.1) is 13.8 Å². The molecule has 2 aromatic rings. The number of rotatable bonds is 8. The number of hydrogen-bond acceptors (Lipinski definition) is 8. The molecule has 9 heteroatoms. The summed E-state index contributed by atoms with van der Waals surface area (Å²) >= 11 is 1.26. The molecule has 0 radical (unpaired) electrons. The highest BCUT2D eigenvalue weighted by Gasteiger charge is 2.45. The van der Waals surface area contributed by atoms with Gasteiger partial charge in [0.2, 0.25) is 5.78 Å². The Morgan fingerprint density at radius 3 is 2.50 bits per heavy atom. The summed E-state index contributed by atoms with van der Waals surface area (Å²) in [5.41, 5.74) is 1.24. The highest BCUT2D eigenvalue weighted by atomic mass is 32.1. The first-order chi connectivity index (χ1) is 16.3. The van der Waals surface area contributed by atoms with E-state index in [9.17, 15) is 14.7 Å². The van der Waals surface area contributed by atoms with E-state index in [4.69, 9.17) is 9.47 Å². The molecule has 182 valence electrons. The summed E-state index contributed by atoms with van der Waals surface area (Å²) in [4.78, 5) is 35.7. The maximum Gasteiger partial charge on any atom is 0.290 e. The number of carbonyl (C=O) groups is 2. The quantitative estimate of drug-likeness (QED) is 0.568. The second-order valence-electron chi connectivity index (χ2n) is 8.65. The number of hydrogen-bond donors (Lipinski definition) is 1. The second kappa shape index (κ2) is 10.1. The van der Waals surface area contributed by atoms with E-state index in [1.54, 1.807) is 44.2 Å². The molecule has 0 bridgehead atoms. The van der Waals surface area contributed by atoms with Crippen molar-refractivity contribution in [2.45, 2.75) is 39.2 Å². The molecule has 1 fully saturated rings. The fraction of sp³-hybridized carbons (Fsp3) is 0.480. The van der Waals surface area contributed by atoms with Crippen LogP contribution in [0.3, 0.4) is 0 Å². The van der Waals surface area contributed by atoms with Crippen LogP contribution in [-0.2, 0) is 4.79 Å². The molecule has 34 heavy (non-hydrogen) atoms. The maximum absolute atomic E-state index is 13.7. The normalized spacial score (nSPS) is 19.1. The number of ether oxygens (including phenoxy) is 2. The maximum atomic E-state index is 13.7. The summed E-state index contributed by atoms with van der Waals surface area (Å²) in [6, 6.07) is 4.48. The molecular weight excluding hydrogens is 454 g/mol. The number of ketones is 1. The molecule has 1 saturated heterocycles. The Morgan fingerprint density at radius 2 is 1.88 bits per heavy atom. The highest BCUT2D eigenvalue weighted by Crippen LogP contribution is 2.44. The van der Waals surface area contributed by atoms with Crippen molar-refractivity contribution in [2.75, 3.05) is 40.4 Å². The van der Waals surface area contributed by atoms with Crippen LogP contribution in [0.2, 0.25) is 0 Å². The van der Waals surface area contributed by atoms with Gasteiger partial charge < -0.3 is 24.4 Å². The Morgan fingerprint density at radius 1 is 1.15 bits per heavy atom. The van der Waals surface area contributed by atoms with Crippen LogP contribution in [0.5, 0.6) is 11.5 Å². The smallest absolute Gasteiger partial charge is 0.290 e. The number of aliphatic hydroxyl groups is 1. The zero-order valence-corrected chi connectivity index (χ0v) is 20.9. The number of amides is 1. The van der Waals surface area contributed by atoms with Crippen molar-refractivity contribution in [3.63, 3.8) is 0 Å². The molecule has 8 nitrogen and oxygen atoms in total. The van der Waals surface area contributed by atoms with Gasteiger partial charge >= 0.3 is 0 Å². The SMILES string of the molecule is COc1ccc(OC)c(C2C(C(=O)c3sc(C)nc3C)=C(O)C(=O)N2CCN2CCCCC2)c1. The Hall–Kier alpha value is -2.91. The van der Waals surface area contributed by atoms with Crippen molar-refractivity contribution in [1.82, 2.24) is 14.8 Å². The van der Waals surface area contributed by atoms with Crippen molar-refractivity contribution < 1.29 is 24.2 Å². The predicted molar refractivity (Wildman–Crippen MR) is 130 cm³/mol. The van der Waals surface area contributed by atoms with Crippen molar-refractivity contribution in [3.8, 4) is 11.5 Å². The topological polar surface area (TPSA) is 92.2 Å². The number of aromatic nitrogens is 1. The molecule has 3 heterocycles. The fourth-order valence-corrected chi connectivity index (χ4v) is 5.66. The van der Waals surface area contributed by atoms with Crippen LogP contribution in [0.15, 0.2) is 29.5 Å². The number of methoxy groups -OCH3 is 2. The summed E-state index contributed by atoms with van der Waals surface area (Å²) in [5, 5.41) is 11.7. The number of aliphatic hydroxyl groups excluding tert-OH is 1. The lowest BCUT2D eigenvalue weighted by atomic mass is 9.94. The van der Waals surface area contributed by atoms with Crippen LogP contribution < -0.4 is 9.47 Å². The van der Waals surface area contributed by atoms with Gasteiger partial charge in [0.25, 0.3) is 5.91 Å². The zero-order chi connectivity index (χ0) is 24.4. The van der Waals surface area contributed by atoms with Gasteiger partial charge in [-0.2, -0.15) is 0 Å². The summed E-state index contributed by atoms with van der Waals surface area (Å²) < 4.78 is 11.0. The van der Waals surface area contributed by atoms with E-state index in [-0.39, 0.29) is 11.4 Å². The Kier molecular flexibility index (Phi) is 7.23. The monoisotopic (exact) mass is 485 g/mol. The van der Waals surface area contributed by atoms with Gasteiger partial charge in [0.1, 0.15) is 11.5 Å². The summed E-state index contributed by atoms with van der Waals surface area (Å²) in [6.45, 7) is 6.61. The van der Waals surface area contributed by atoms with E-state index in [0.29, 0.717) is 40.7 Å². The van der Waals surface area contributed by atoms with Gasteiger partial charge in [-0.3, -0.25) is 9.59 Å². The van der Waals surface area contributed by atoms with Crippen LogP contribution in [0.1, 0.15) is 51.2 Å². The first-order valence-electron chi connectivity index (χ1n) is 11.5. The third-order valence-corrected chi connectivity index (χ3v) is 7.57. The van der Waals surface area contributed by atoms with Gasteiger partial charge in [0.15, 0.2) is 5.76 Å². The third-order valence-electron chi connectivity index (χ3n) is 6.50. The number of piperidine rings is 1. The Bertz CT molecular complexity index is 1120. The number of aryl methyl sites for hydroxylation is 2. The molecule has 2 aliphatic heterocycles. The molecule has 1 aromatic heterocycles. The molecular formula is C25H31N3O5S. The number of carbonyl (C=O) groups excluding carboxylic acids is 2. The largest absolute Gasteiger partial charge is 0.503 e. The minimum Gasteiger partial charge on any atom is -0.503 e. The average molecular weight is 486 g/mol. The second-order valence-corrected chi connectivity index (χ2v) is 9.85. The zero-order valence-electron chi connectivity index (χ0n) is 20.1. The molecule has 0 aliphatic carbocycles. The van der Waals surface area contributed by atoms with Gasteiger partial charge in [0, 0.05) is 18.7 Å². The fourth-order valence-electron chi connectivity index (χ4n) is 4.79. The van der Waals surface area contributed by atoms with E-state index in [0.717, 1.165) is 30.9 Å². The van der Waals surface area contributed by atoms with Crippen LogP contribution in [0.4, 0.5) is 0 Å². The van der Waals surface area contributed by atoms with Gasteiger partial charge in [-0.15, -0.1) is 11.3 Å². The average Bonchev–Trinajstić information content (AvgIpc) is 3.32. The van der Waals surface area contributed by atoms with E-state index < -0.39 is 17.7 Å². The van der Waals surface area contributed by atoms with Gasteiger partial charge in [0.05, 0.1) is 41.4 Å². The first kappa shape index (κ1) is 24.2. The van der Waals surface area contributed by atoms with Crippen LogP contribution in [0.25, 0.3) is 0 Å². The van der Waals surface area contributed by atoms with Crippen LogP contribution >= 0.6 is 11.3 Å². The van der Waals surface area contributed by atoms with E-state index >= 15 is 0 Å². The third kappa shape index (κ3) is 4.54. The minimum atomic E-state index is -0.795. The number of Topliss-reactive ketones (excluding diaryl/α,β-unsaturated/α-hetero) is 1.